The van der Waals surface area contributed by atoms with Crippen LogP contribution in [0.2, 0.25) is 0 Å². The number of ether oxygens (including phenoxy) is 1. The molecular weight excluding hydrogens is 233 g/mol. The number of nitrogens with zero attached hydrogens (tertiary/aromatic N) is 1. The minimum Gasteiger partial charge on any atom is -0.494 e. The van der Waals surface area contributed by atoms with Gasteiger partial charge in [0, 0.05) is 11.8 Å². The lowest BCUT2D eigenvalue weighted by atomic mass is 10.2. The van der Waals surface area contributed by atoms with Crippen molar-refractivity contribution < 1.29 is 9.13 Å². The summed E-state index contributed by atoms with van der Waals surface area (Å²) in [5.41, 5.74) is 7.85. The van der Waals surface area contributed by atoms with Gasteiger partial charge in [0.15, 0.2) is 11.6 Å². The Morgan fingerprint density at radius 2 is 2.11 bits per heavy atom. The minimum atomic E-state index is -0.398. The topological polar surface area (TPSA) is 60.2 Å². The summed E-state index contributed by atoms with van der Waals surface area (Å²) in [4.78, 5) is 4.18. The number of nitrogens with one attached hydrogen (secondary N) is 1. The Hall–Kier alpha value is -2.30. The number of benzene rings is 1. The van der Waals surface area contributed by atoms with Crippen molar-refractivity contribution in [2.45, 2.75) is 6.92 Å². The number of hydrogen-bond donors (Lipinski definition) is 2. The van der Waals surface area contributed by atoms with Crippen molar-refractivity contribution in [3.05, 3.63) is 41.8 Å². The lowest BCUT2D eigenvalue weighted by Crippen LogP contribution is -1.99. The molecule has 18 heavy (non-hydrogen) atoms. The smallest absolute Gasteiger partial charge is 0.165 e. The van der Waals surface area contributed by atoms with Gasteiger partial charge in [-0.3, -0.25) is 0 Å². The lowest BCUT2D eigenvalue weighted by Gasteiger charge is -2.10. The maximum absolute atomic E-state index is 13.3. The average Bonchev–Trinajstić information content (AvgIpc) is 2.35. The summed E-state index contributed by atoms with van der Waals surface area (Å²) in [5, 5.41) is 3.09. The third-order valence-corrected chi connectivity index (χ3v) is 2.51. The molecule has 0 aliphatic heterocycles. The molecule has 3 N–H and O–H groups in total. The van der Waals surface area contributed by atoms with Gasteiger partial charge in [-0.15, -0.1) is 0 Å². The van der Waals surface area contributed by atoms with Crippen LogP contribution in [-0.2, 0) is 0 Å². The van der Waals surface area contributed by atoms with Crippen LogP contribution in [0, 0.1) is 12.7 Å². The van der Waals surface area contributed by atoms with E-state index in [2.05, 4.69) is 10.3 Å². The van der Waals surface area contributed by atoms with Crippen molar-refractivity contribution in [3.8, 4) is 5.75 Å². The highest BCUT2D eigenvalue weighted by Gasteiger charge is 2.05. The van der Waals surface area contributed by atoms with Gasteiger partial charge in [0.2, 0.25) is 0 Å². The molecule has 5 heteroatoms. The van der Waals surface area contributed by atoms with E-state index in [4.69, 9.17) is 10.5 Å². The quantitative estimate of drug-likeness (QED) is 0.875. The van der Waals surface area contributed by atoms with E-state index in [0.29, 0.717) is 17.2 Å². The van der Waals surface area contributed by atoms with Crippen molar-refractivity contribution in [2.75, 3.05) is 18.2 Å². The fourth-order valence-corrected chi connectivity index (χ4v) is 1.60. The molecule has 1 aromatic heterocycles. The highest BCUT2D eigenvalue weighted by Crippen LogP contribution is 2.25. The average molecular weight is 247 g/mol. The Kier molecular flexibility index (Phi) is 3.32. The maximum Gasteiger partial charge on any atom is 0.165 e. The summed E-state index contributed by atoms with van der Waals surface area (Å²) >= 11 is 0. The number of pyridine rings is 1. The Bertz CT molecular complexity index is 572. The molecule has 0 unspecified atom stereocenters. The van der Waals surface area contributed by atoms with Crippen LogP contribution in [0.5, 0.6) is 5.75 Å². The molecule has 0 aliphatic carbocycles. The molecule has 0 saturated heterocycles. The molecule has 2 rings (SSSR count). The fourth-order valence-electron chi connectivity index (χ4n) is 1.60. The van der Waals surface area contributed by atoms with Crippen molar-refractivity contribution >= 4 is 17.2 Å². The zero-order chi connectivity index (χ0) is 13.1. The number of aromatic nitrogens is 1. The summed E-state index contributed by atoms with van der Waals surface area (Å²) in [5.74, 6) is 0.469. The number of aryl methyl sites for hydroxylation is 1. The van der Waals surface area contributed by atoms with E-state index in [9.17, 15) is 4.39 Å². The Balaban J connectivity index is 2.28. The fraction of sp³-hybridized carbons (Fsp3) is 0.154. The number of rotatable bonds is 3. The van der Waals surface area contributed by atoms with E-state index < -0.39 is 5.82 Å². The SMILES string of the molecule is COc1cc(Nc2ncc(N)cc2C)ccc1F. The number of methoxy groups -OCH3 is 1. The predicted octanol–water partition coefficient (Wildman–Crippen LogP) is 2.86. The summed E-state index contributed by atoms with van der Waals surface area (Å²) in [6, 6.07) is 6.35. The van der Waals surface area contributed by atoms with Crippen LogP contribution >= 0.6 is 0 Å². The van der Waals surface area contributed by atoms with Gasteiger partial charge in [-0.05, 0) is 30.7 Å². The van der Waals surface area contributed by atoms with Gasteiger partial charge >= 0.3 is 0 Å². The molecule has 0 aliphatic rings. The first kappa shape index (κ1) is 12.2. The van der Waals surface area contributed by atoms with Gasteiger partial charge in [0.25, 0.3) is 0 Å². The lowest BCUT2D eigenvalue weighted by molar-refractivity contribution is 0.387. The maximum atomic E-state index is 13.3. The molecule has 0 radical (unpaired) electrons. The number of hydrogen-bond acceptors (Lipinski definition) is 4. The second-order valence-corrected chi connectivity index (χ2v) is 3.91. The predicted molar refractivity (Wildman–Crippen MR) is 69.6 cm³/mol. The molecule has 0 spiro atoms. The van der Waals surface area contributed by atoms with E-state index in [1.54, 1.807) is 18.3 Å². The highest BCUT2D eigenvalue weighted by molar-refractivity contribution is 5.62. The van der Waals surface area contributed by atoms with Crippen LogP contribution in [0.4, 0.5) is 21.6 Å². The number of nitrogen functional groups attached to an aromatic ring is 1. The largest absolute Gasteiger partial charge is 0.494 e. The van der Waals surface area contributed by atoms with E-state index >= 15 is 0 Å². The van der Waals surface area contributed by atoms with Crippen LogP contribution < -0.4 is 15.8 Å². The molecule has 0 fully saturated rings. The highest BCUT2D eigenvalue weighted by atomic mass is 19.1. The summed E-state index contributed by atoms with van der Waals surface area (Å²) < 4.78 is 18.2. The van der Waals surface area contributed by atoms with Crippen molar-refractivity contribution in [2.24, 2.45) is 0 Å². The zero-order valence-corrected chi connectivity index (χ0v) is 10.2. The first-order valence-electron chi connectivity index (χ1n) is 5.43. The molecule has 94 valence electrons. The Labute approximate surface area is 105 Å². The molecule has 0 bridgehead atoms. The van der Waals surface area contributed by atoms with Gasteiger partial charge in [-0.2, -0.15) is 0 Å². The van der Waals surface area contributed by atoms with Gasteiger partial charge in [-0.25, -0.2) is 9.37 Å². The molecule has 0 saturated carbocycles. The third kappa shape index (κ3) is 2.51. The monoisotopic (exact) mass is 247 g/mol. The standard InChI is InChI=1S/C13H14FN3O/c1-8-5-9(15)7-16-13(8)17-10-3-4-11(14)12(6-10)18-2/h3-7H,15H2,1-2H3,(H,16,17). The second-order valence-electron chi connectivity index (χ2n) is 3.91. The molecule has 0 atom stereocenters. The zero-order valence-electron chi connectivity index (χ0n) is 10.2. The van der Waals surface area contributed by atoms with E-state index in [1.807, 2.05) is 13.0 Å². The van der Waals surface area contributed by atoms with Crippen molar-refractivity contribution in [3.63, 3.8) is 0 Å². The Morgan fingerprint density at radius 1 is 1.33 bits per heavy atom. The third-order valence-electron chi connectivity index (χ3n) is 2.51. The molecule has 2 aromatic rings. The molecular formula is C13H14FN3O. The van der Waals surface area contributed by atoms with Crippen molar-refractivity contribution in [1.29, 1.82) is 0 Å². The van der Waals surface area contributed by atoms with Crippen LogP contribution in [0.25, 0.3) is 0 Å². The summed E-state index contributed by atoms with van der Waals surface area (Å²) in [6.45, 7) is 1.90. The molecule has 1 heterocycles. The van der Waals surface area contributed by atoms with Gasteiger partial charge in [0.05, 0.1) is 19.0 Å². The Morgan fingerprint density at radius 3 is 2.78 bits per heavy atom. The first-order valence-corrected chi connectivity index (χ1v) is 5.43. The van der Waals surface area contributed by atoms with E-state index in [0.717, 1.165) is 5.56 Å². The summed E-state index contributed by atoms with van der Waals surface area (Å²) in [6.07, 6.45) is 1.57. The van der Waals surface area contributed by atoms with Crippen LogP contribution in [0.1, 0.15) is 5.56 Å². The van der Waals surface area contributed by atoms with E-state index in [-0.39, 0.29) is 5.75 Å². The van der Waals surface area contributed by atoms with Crippen LogP contribution in [0.15, 0.2) is 30.5 Å². The van der Waals surface area contributed by atoms with Gasteiger partial charge < -0.3 is 15.8 Å². The first-order chi connectivity index (χ1) is 8.60. The molecule has 1 aromatic carbocycles. The summed E-state index contributed by atoms with van der Waals surface area (Å²) in [7, 11) is 1.43. The number of halogens is 1. The minimum absolute atomic E-state index is 0.188. The normalized spacial score (nSPS) is 10.2. The van der Waals surface area contributed by atoms with Gasteiger partial charge in [0.1, 0.15) is 5.82 Å². The van der Waals surface area contributed by atoms with Crippen LogP contribution in [-0.4, -0.2) is 12.1 Å². The number of nitrogens with two attached hydrogens (primary N) is 1. The van der Waals surface area contributed by atoms with Crippen molar-refractivity contribution in [1.82, 2.24) is 4.98 Å². The van der Waals surface area contributed by atoms with E-state index in [1.165, 1.54) is 13.2 Å². The number of anilines is 3. The second kappa shape index (κ2) is 4.91. The molecule has 4 nitrogen and oxygen atoms in total. The van der Waals surface area contributed by atoms with Gasteiger partial charge in [-0.1, -0.05) is 0 Å². The molecule has 0 amide bonds. The van der Waals surface area contributed by atoms with Crippen LogP contribution in [0.3, 0.4) is 0 Å².